The molecule has 1 amide bonds. The molecular weight excluding hydrogens is 296 g/mol. The molecule has 1 aromatic rings. The molecule has 0 bridgehead atoms. The Morgan fingerprint density at radius 2 is 2.11 bits per heavy atom. The molecule has 0 fully saturated rings. The van der Waals surface area contributed by atoms with Gasteiger partial charge in [-0.25, -0.2) is 4.98 Å². The monoisotopic (exact) mass is 314 g/mol. The third kappa shape index (κ3) is 3.78. The maximum atomic E-state index is 11.9. The van der Waals surface area contributed by atoms with Gasteiger partial charge in [-0.05, 0) is 40.9 Å². The number of hydrogen-bond donors (Lipinski definition) is 2. The van der Waals surface area contributed by atoms with Crippen LogP contribution in [0.3, 0.4) is 0 Å². The Labute approximate surface area is 116 Å². The molecule has 0 aromatic carbocycles. The minimum atomic E-state index is -0.224. The van der Waals surface area contributed by atoms with E-state index in [4.69, 9.17) is 0 Å². The number of rotatable bonds is 6. The van der Waals surface area contributed by atoms with Crippen LogP contribution in [0.5, 0.6) is 0 Å². The molecule has 0 saturated carbocycles. The molecule has 100 valence electrons. The smallest absolute Gasteiger partial charge is 0.252 e. The normalized spacial score (nSPS) is 11.3. The molecule has 0 spiro atoms. The number of aliphatic hydroxyl groups excluding tert-OH is 1. The number of nitrogens with one attached hydrogen (secondary N) is 1. The number of nitrogens with zero attached hydrogens (tertiary/aromatic N) is 1. The summed E-state index contributed by atoms with van der Waals surface area (Å²) in [6.07, 6.45) is 3.19. The quantitative estimate of drug-likeness (QED) is 0.792. The van der Waals surface area contributed by atoms with E-state index in [2.05, 4.69) is 26.2 Å². The van der Waals surface area contributed by atoms with Crippen LogP contribution in [0.4, 0.5) is 0 Å². The highest BCUT2D eigenvalue weighted by atomic mass is 79.9. The second kappa shape index (κ2) is 6.85. The first-order chi connectivity index (χ1) is 8.56. The van der Waals surface area contributed by atoms with Crippen LogP contribution in [-0.4, -0.2) is 29.1 Å². The number of carbonyl (C=O) groups excluding carboxylic acids is 1. The molecule has 18 heavy (non-hydrogen) atoms. The van der Waals surface area contributed by atoms with Gasteiger partial charge in [-0.1, -0.05) is 13.8 Å². The SMILES string of the molecule is CCC(CC)(CO)CNC(=O)c1ccc(Br)nc1. The van der Waals surface area contributed by atoms with Crippen LogP contribution in [0.2, 0.25) is 0 Å². The molecule has 2 N–H and O–H groups in total. The third-order valence-electron chi connectivity index (χ3n) is 3.45. The van der Waals surface area contributed by atoms with Gasteiger partial charge in [0.25, 0.3) is 5.91 Å². The van der Waals surface area contributed by atoms with Crippen molar-refractivity contribution in [3.63, 3.8) is 0 Å². The average molecular weight is 315 g/mol. The zero-order valence-electron chi connectivity index (χ0n) is 10.7. The van der Waals surface area contributed by atoms with Gasteiger partial charge in [0.05, 0.1) is 12.2 Å². The second-order valence-corrected chi connectivity index (χ2v) is 5.23. The molecule has 5 heteroatoms. The van der Waals surface area contributed by atoms with Crippen LogP contribution in [0.1, 0.15) is 37.0 Å². The number of hydrogen-bond acceptors (Lipinski definition) is 3. The summed E-state index contributed by atoms with van der Waals surface area (Å²) in [5, 5.41) is 12.3. The summed E-state index contributed by atoms with van der Waals surface area (Å²) in [7, 11) is 0. The Morgan fingerprint density at radius 1 is 1.44 bits per heavy atom. The summed E-state index contributed by atoms with van der Waals surface area (Å²) in [5.41, 5.74) is 0.301. The van der Waals surface area contributed by atoms with Crippen LogP contribution in [0.25, 0.3) is 0 Å². The van der Waals surface area contributed by atoms with Gasteiger partial charge in [-0.3, -0.25) is 4.79 Å². The molecule has 0 aliphatic heterocycles. The summed E-state index contributed by atoms with van der Waals surface area (Å²) in [5.74, 6) is -0.158. The van der Waals surface area contributed by atoms with Crippen molar-refractivity contribution in [1.82, 2.24) is 10.3 Å². The molecular formula is C13H19BrN2O2. The van der Waals surface area contributed by atoms with E-state index in [1.807, 2.05) is 13.8 Å². The average Bonchev–Trinajstić information content (AvgIpc) is 2.41. The molecule has 0 aliphatic rings. The van der Waals surface area contributed by atoms with Crippen molar-refractivity contribution in [3.05, 3.63) is 28.5 Å². The predicted octanol–water partition coefficient (Wildman–Crippen LogP) is 2.37. The van der Waals surface area contributed by atoms with E-state index < -0.39 is 0 Å². The van der Waals surface area contributed by atoms with Crippen LogP contribution < -0.4 is 5.32 Å². The van der Waals surface area contributed by atoms with Crippen LogP contribution >= 0.6 is 15.9 Å². The Hall–Kier alpha value is -0.940. The minimum Gasteiger partial charge on any atom is -0.396 e. The van der Waals surface area contributed by atoms with Crippen molar-refractivity contribution < 1.29 is 9.90 Å². The lowest BCUT2D eigenvalue weighted by Gasteiger charge is -2.29. The highest BCUT2D eigenvalue weighted by molar-refractivity contribution is 9.10. The highest BCUT2D eigenvalue weighted by Gasteiger charge is 2.25. The summed E-state index contributed by atoms with van der Waals surface area (Å²) in [6.45, 7) is 4.60. The van der Waals surface area contributed by atoms with E-state index in [1.165, 1.54) is 6.20 Å². The first kappa shape index (κ1) is 15.1. The largest absolute Gasteiger partial charge is 0.396 e. The van der Waals surface area contributed by atoms with Gasteiger partial charge >= 0.3 is 0 Å². The van der Waals surface area contributed by atoms with Crippen LogP contribution in [-0.2, 0) is 0 Å². The van der Waals surface area contributed by atoms with Crippen molar-refractivity contribution in [2.24, 2.45) is 5.41 Å². The molecule has 0 atom stereocenters. The van der Waals surface area contributed by atoms with E-state index in [-0.39, 0.29) is 17.9 Å². The number of aliphatic hydroxyl groups is 1. The van der Waals surface area contributed by atoms with Crippen molar-refractivity contribution in [3.8, 4) is 0 Å². The van der Waals surface area contributed by atoms with Crippen LogP contribution in [0.15, 0.2) is 22.9 Å². The molecule has 1 aromatic heterocycles. The summed E-state index contributed by atoms with van der Waals surface area (Å²) < 4.78 is 0.700. The first-order valence-electron chi connectivity index (χ1n) is 6.07. The molecule has 0 saturated heterocycles. The predicted molar refractivity (Wildman–Crippen MR) is 74.4 cm³/mol. The summed E-state index contributed by atoms with van der Waals surface area (Å²) in [6, 6.07) is 3.44. The van der Waals surface area contributed by atoms with E-state index >= 15 is 0 Å². The Balaban J connectivity index is 2.63. The standard InChI is InChI=1S/C13H19BrN2O2/c1-3-13(4-2,9-17)8-16-12(18)10-5-6-11(14)15-7-10/h5-7,17H,3-4,8-9H2,1-2H3,(H,16,18). The number of aromatic nitrogens is 1. The summed E-state index contributed by atoms with van der Waals surface area (Å²) in [4.78, 5) is 15.9. The zero-order chi connectivity index (χ0) is 13.6. The molecule has 0 unspecified atom stereocenters. The van der Waals surface area contributed by atoms with E-state index in [0.717, 1.165) is 12.8 Å². The zero-order valence-corrected chi connectivity index (χ0v) is 12.3. The van der Waals surface area contributed by atoms with Gasteiger partial charge in [-0.2, -0.15) is 0 Å². The van der Waals surface area contributed by atoms with E-state index in [9.17, 15) is 9.90 Å². The third-order valence-corrected chi connectivity index (χ3v) is 3.92. The fourth-order valence-electron chi connectivity index (χ4n) is 1.66. The lowest BCUT2D eigenvalue weighted by atomic mass is 9.83. The minimum absolute atomic E-state index is 0.0822. The molecule has 1 heterocycles. The molecule has 4 nitrogen and oxygen atoms in total. The molecule has 0 aliphatic carbocycles. The maximum absolute atomic E-state index is 11.9. The lowest BCUT2D eigenvalue weighted by molar-refractivity contribution is 0.0850. The maximum Gasteiger partial charge on any atom is 0.252 e. The number of amides is 1. The summed E-state index contributed by atoms with van der Waals surface area (Å²) >= 11 is 3.22. The first-order valence-corrected chi connectivity index (χ1v) is 6.87. The van der Waals surface area contributed by atoms with Crippen molar-refractivity contribution in [1.29, 1.82) is 0 Å². The van der Waals surface area contributed by atoms with Gasteiger partial charge < -0.3 is 10.4 Å². The molecule has 1 rings (SSSR count). The van der Waals surface area contributed by atoms with Gasteiger partial charge in [0, 0.05) is 18.2 Å². The number of pyridine rings is 1. The fourth-order valence-corrected chi connectivity index (χ4v) is 1.89. The van der Waals surface area contributed by atoms with Gasteiger partial charge in [0.2, 0.25) is 0 Å². The van der Waals surface area contributed by atoms with E-state index in [0.29, 0.717) is 16.7 Å². The fraction of sp³-hybridized carbons (Fsp3) is 0.538. The lowest BCUT2D eigenvalue weighted by Crippen LogP contribution is -2.39. The van der Waals surface area contributed by atoms with Gasteiger partial charge in [0.1, 0.15) is 4.60 Å². The number of carbonyl (C=O) groups is 1. The highest BCUT2D eigenvalue weighted by Crippen LogP contribution is 2.24. The van der Waals surface area contributed by atoms with Gasteiger partial charge in [-0.15, -0.1) is 0 Å². The van der Waals surface area contributed by atoms with Crippen molar-refractivity contribution in [2.75, 3.05) is 13.2 Å². The molecule has 0 radical (unpaired) electrons. The van der Waals surface area contributed by atoms with Crippen molar-refractivity contribution in [2.45, 2.75) is 26.7 Å². The Morgan fingerprint density at radius 3 is 2.56 bits per heavy atom. The van der Waals surface area contributed by atoms with Crippen molar-refractivity contribution >= 4 is 21.8 Å². The topological polar surface area (TPSA) is 62.2 Å². The van der Waals surface area contributed by atoms with Gasteiger partial charge in [0.15, 0.2) is 0 Å². The Bertz CT molecular complexity index is 380. The van der Waals surface area contributed by atoms with E-state index in [1.54, 1.807) is 12.1 Å². The number of halogens is 1. The van der Waals surface area contributed by atoms with Crippen LogP contribution in [0, 0.1) is 5.41 Å². The Kier molecular flexibility index (Phi) is 5.75. The second-order valence-electron chi connectivity index (χ2n) is 4.42.